The van der Waals surface area contributed by atoms with Gasteiger partial charge in [-0.1, -0.05) is 188 Å². The molecular weight excluding hydrogens is 685 g/mol. The van der Waals surface area contributed by atoms with E-state index in [-0.39, 0.29) is 11.8 Å². The van der Waals surface area contributed by atoms with E-state index >= 15 is 0 Å². The van der Waals surface area contributed by atoms with Gasteiger partial charge >= 0.3 is 0 Å². The molecule has 266 valence electrons. The van der Waals surface area contributed by atoms with Crippen LogP contribution >= 0.6 is 0 Å². The van der Waals surface area contributed by atoms with Crippen LogP contribution in [0.1, 0.15) is 56.3 Å². The molecule has 3 aliphatic carbocycles. The summed E-state index contributed by atoms with van der Waals surface area (Å²) in [4.78, 5) is 0. The van der Waals surface area contributed by atoms with E-state index in [0.717, 1.165) is 6.42 Å². The summed E-state index contributed by atoms with van der Waals surface area (Å²) in [5, 5.41) is 0. The predicted molar refractivity (Wildman–Crippen MR) is 237 cm³/mol. The third-order valence-corrected chi connectivity index (χ3v) is 12.9. The molecule has 3 aliphatic rings. The van der Waals surface area contributed by atoms with Crippen molar-refractivity contribution >= 4 is 0 Å². The summed E-state index contributed by atoms with van der Waals surface area (Å²) in [5.74, 6) is 0.417. The maximum atomic E-state index is 2.44. The Morgan fingerprint density at radius 3 is 1.23 bits per heavy atom. The van der Waals surface area contributed by atoms with Gasteiger partial charge in [0.2, 0.25) is 0 Å². The van der Waals surface area contributed by atoms with Crippen LogP contribution in [0.25, 0.3) is 66.8 Å². The van der Waals surface area contributed by atoms with Crippen LogP contribution in [0.3, 0.4) is 0 Å². The lowest BCUT2D eigenvalue weighted by Gasteiger charge is -2.16. The molecule has 9 aromatic rings. The Kier molecular flexibility index (Phi) is 7.22. The minimum atomic E-state index is 0.201. The summed E-state index contributed by atoms with van der Waals surface area (Å²) in [5.41, 5.74) is 26.7. The van der Waals surface area contributed by atoms with E-state index in [4.69, 9.17) is 0 Å². The number of benzene rings is 9. The smallest absolute Gasteiger partial charge is 0.0352 e. The van der Waals surface area contributed by atoms with E-state index in [1.165, 1.54) is 111 Å². The quantitative estimate of drug-likeness (QED) is 0.166. The molecule has 0 radical (unpaired) electrons. The first-order valence-electron chi connectivity index (χ1n) is 20.2. The summed E-state index contributed by atoms with van der Waals surface area (Å²) in [7, 11) is 0. The molecule has 0 amide bonds. The Labute approximate surface area is 334 Å². The zero-order valence-electron chi connectivity index (χ0n) is 31.5. The van der Waals surface area contributed by atoms with Crippen LogP contribution < -0.4 is 0 Å². The molecule has 0 saturated heterocycles. The molecule has 0 aliphatic heterocycles. The van der Waals surface area contributed by atoms with Gasteiger partial charge in [0.1, 0.15) is 0 Å². The Balaban J connectivity index is 0.880. The highest BCUT2D eigenvalue weighted by atomic mass is 14.3. The van der Waals surface area contributed by atoms with Crippen LogP contribution in [0.4, 0.5) is 0 Å². The Bertz CT molecular complexity index is 3020. The first-order valence-corrected chi connectivity index (χ1v) is 20.2. The normalized spacial score (nSPS) is 15.3. The Morgan fingerprint density at radius 2 is 0.632 bits per heavy atom. The summed E-state index contributed by atoms with van der Waals surface area (Å²) in [6, 6.07) is 77.3. The first kappa shape index (κ1) is 32.2. The van der Waals surface area contributed by atoms with Crippen molar-refractivity contribution in [3.8, 4) is 66.8 Å². The minimum absolute atomic E-state index is 0.201. The fraction of sp³-hybridized carbons (Fsp3) is 0.0526. The summed E-state index contributed by atoms with van der Waals surface area (Å²) in [6.45, 7) is 0. The zero-order valence-corrected chi connectivity index (χ0v) is 31.5. The highest BCUT2D eigenvalue weighted by Crippen LogP contribution is 2.52. The fourth-order valence-corrected chi connectivity index (χ4v) is 10.2. The SMILES string of the molecule is c1ccc(-c2ccc(C3c4ccccc4-c4cc(-c5ccc6c(c5)-c5ccccc5C6c5ccc(-c6ccc7c(c6)-c6ccccc6C7)cc5)ccc43)cc2)cc1. The van der Waals surface area contributed by atoms with Crippen molar-refractivity contribution in [2.45, 2.75) is 18.3 Å². The molecule has 0 nitrogen and oxygen atoms in total. The van der Waals surface area contributed by atoms with Gasteiger partial charge in [0, 0.05) is 11.8 Å². The lowest BCUT2D eigenvalue weighted by Crippen LogP contribution is -1.99. The average Bonchev–Trinajstić information content (AvgIpc) is 3.94. The largest absolute Gasteiger partial charge is 0.0622 e. The van der Waals surface area contributed by atoms with Gasteiger partial charge in [-0.3, -0.25) is 0 Å². The number of fused-ring (bicyclic) bond motifs is 9. The molecule has 0 heteroatoms. The molecule has 0 fully saturated rings. The Hall–Kier alpha value is -7.02. The van der Waals surface area contributed by atoms with Gasteiger partial charge in [0.05, 0.1) is 0 Å². The highest BCUT2D eigenvalue weighted by molar-refractivity contribution is 5.88. The maximum Gasteiger partial charge on any atom is 0.0352 e. The van der Waals surface area contributed by atoms with Crippen LogP contribution in [0.5, 0.6) is 0 Å². The second kappa shape index (κ2) is 12.8. The number of hydrogen-bond donors (Lipinski definition) is 0. The van der Waals surface area contributed by atoms with Gasteiger partial charge in [0.25, 0.3) is 0 Å². The number of rotatable bonds is 5. The van der Waals surface area contributed by atoms with Crippen LogP contribution in [-0.4, -0.2) is 0 Å². The van der Waals surface area contributed by atoms with E-state index < -0.39 is 0 Å². The summed E-state index contributed by atoms with van der Waals surface area (Å²) in [6.07, 6.45) is 1.03. The Morgan fingerprint density at radius 1 is 0.246 bits per heavy atom. The average molecular weight is 723 g/mol. The van der Waals surface area contributed by atoms with Crippen molar-refractivity contribution in [3.05, 3.63) is 251 Å². The lowest BCUT2D eigenvalue weighted by atomic mass is 9.87. The first-order chi connectivity index (χ1) is 28.2. The van der Waals surface area contributed by atoms with E-state index in [1.54, 1.807) is 0 Å². The molecule has 2 atom stereocenters. The highest BCUT2D eigenvalue weighted by Gasteiger charge is 2.32. The van der Waals surface area contributed by atoms with E-state index in [2.05, 4.69) is 206 Å². The van der Waals surface area contributed by atoms with Crippen molar-refractivity contribution in [2.24, 2.45) is 0 Å². The van der Waals surface area contributed by atoms with Crippen LogP contribution in [0, 0.1) is 0 Å². The monoisotopic (exact) mass is 722 g/mol. The second-order valence-corrected chi connectivity index (χ2v) is 16.0. The third-order valence-electron chi connectivity index (χ3n) is 12.9. The summed E-state index contributed by atoms with van der Waals surface area (Å²) >= 11 is 0. The molecule has 12 rings (SSSR count). The van der Waals surface area contributed by atoms with Crippen LogP contribution in [-0.2, 0) is 6.42 Å². The van der Waals surface area contributed by atoms with Gasteiger partial charge in [-0.05, 0) is 136 Å². The van der Waals surface area contributed by atoms with Gasteiger partial charge in [0.15, 0.2) is 0 Å². The molecule has 0 aromatic heterocycles. The van der Waals surface area contributed by atoms with Crippen molar-refractivity contribution in [3.63, 3.8) is 0 Å². The van der Waals surface area contributed by atoms with E-state index in [0.29, 0.717) is 0 Å². The molecule has 0 heterocycles. The molecule has 9 aromatic carbocycles. The minimum Gasteiger partial charge on any atom is -0.0622 e. The molecule has 0 bridgehead atoms. The van der Waals surface area contributed by atoms with Gasteiger partial charge in [-0.25, -0.2) is 0 Å². The summed E-state index contributed by atoms with van der Waals surface area (Å²) < 4.78 is 0. The zero-order chi connectivity index (χ0) is 37.5. The van der Waals surface area contributed by atoms with Gasteiger partial charge in [-0.15, -0.1) is 0 Å². The third kappa shape index (κ3) is 5.14. The van der Waals surface area contributed by atoms with Crippen molar-refractivity contribution in [1.29, 1.82) is 0 Å². The molecule has 0 saturated carbocycles. The van der Waals surface area contributed by atoms with Gasteiger partial charge in [-0.2, -0.15) is 0 Å². The molecule has 0 spiro atoms. The standard InChI is InChI=1S/C57H38/c1-2-10-36(11-3-1)37-18-22-39(23-19-37)56-49-16-8-6-14-47(49)54-34-42(28-30-51(54)56)43-29-31-52-55(35-43)48-15-7-9-17-50(48)57(52)40-24-20-38(21-25-40)41-26-27-45-32-44-12-4-5-13-46(44)53(45)33-41/h1-31,33-35,56-57H,32H2. The molecule has 57 heavy (non-hydrogen) atoms. The topological polar surface area (TPSA) is 0 Å². The molecule has 0 N–H and O–H groups in total. The van der Waals surface area contributed by atoms with Crippen molar-refractivity contribution < 1.29 is 0 Å². The predicted octanol–water partition coefficient (Wildman–Crippen LogP) is 14.6. The second-order valence-electron chi connectivity index (χ2n) is 16.0. The van der Waals surface area contributed by atoms with E-state index in [9.17, 15) is 0 Å². The molecular formula is C57H38. The van der Waals surface area contributed by atoms with Crippen molar-refractivity contribution in [1.82, 2.24) is 0 Å². The fourth-order valence-electron chi connectivity index (χ4n) is 10.2. The van der Waals surface area contributed by atoms with Crippen LogP contribution in [0.2, 0.25) is 0 Å². The van der Waals surface area contributed by atoms with Gasteiger partial charge < -0.3 is 0 Å². The lowest BCUT2D eigenvalue weighted by molar-refractivity contribution is 1.01. The maximum absolute atomic E-state index is 2.44. The van der Waals surface area contributed by atoms with E-state index in [1.807, 2.05) is 0 Å². The molecule has 2 unspecified atom stereocenters. The van der Waals surface area contributed by atoms with Crippen LogP contribution in [0.15, 0.2) is 206 Å². The number of hydrogen-bond acceptors (Lipinski definition) is 0. The van der Waals surface area contributed by atoms with Crippen molar-refractivity contribution in [2.75, 3.05) is 0 Å².